The summed E-state index contributed by atoms with van der Waals surface area (Å²) in [4.78, 5) is 38.6. The Morgan fingerprint density at radius 1 is 0.808 bits per heavy atom. The van der Waals surface area contributed by atoms with Gasteiger partial charge in [-0.05, 0) is 87.6 Å². The van der Waals surface area contributed by atoms with Gasteiger partial charge in [0.05, 0.1) is 32.2 Å². The molecule has 14 rings (SSSR count). The summed E-state index contributed by atoms with van der Waals surface area (Å²) in [5.74, 6) is -0.461. The molecule has 52 heavy (non-hydrogen) atoms. The highest BCUT2D eigenvalue weighted by molar-refractivity contribution is 6.09. The van der Waals surface area contributed by atoms with E-state index in [-0.39, 0.29) is 58.6 Å². The van der Waals surface area contributed by atoms with Crippen molar-refractivity contribution in [3.8, 4) is 0 Å². The number of allylic oxidation sites excluding steroid dienone is 1. The Bertz CT molecular complexity index is 2230. The Hall–Kier alpha value is -3.60. The fourth-order valence-electron chi connectivity index (χ4n) is 15.4. The van der Waals surface area contributed by atoms with Crippen LogP contribution in [-0.2, 0) is 34.6 Å². The number of epoxide rings is 1. The molecule has 272 valence electrons. The summed E-state index contributed by atoms with van der Waals surface area (Å²) in [6.07, 6.45) is 8.15. The number of methoxy groups -OCH3 is 2. The lowest BCUT2D eigenvalue weighted by Gasteiger charge is -2.54. The van der Waals surface area contributed by atoms with Crippen molar-refractivity contribution in [3.63, 3.8) is 0 Å². The van der Waals surface area contributed by atoms with Crippen molar-refractivity contribution in [1.29, 1.82) is 0 Å². The first-order valence-corrected chi connectivity index (χ1v) is 19.6. The molecule has 3 aromatic rings. The molecule has 7 unspecified atom stereocenters. The summed E-state index contributed by atoms with van der Waals surface area (Å²) in [5, 5.41) is 2.19. The summed E-state index contributed by atoms with van der Waals surface area (Å²) in [7, 11) is 7.60. The van der Waals surface area contributed by atoms with Gasteiger partial charge in [0.15, 0.2) is 0 Å². The van der Waals surface area contributed by atoms with Gasteiger partial charge in [-0.25, -0.2) is 0 Å². The number of fused-ring (bicyclic) bond motifs is 8. The van der Waals surface area contributed by atoms with Gasteiger partial charge in [-0.3, -0.25) is 19.4 Å². The van der Waals surface area contributed by atoms with Gasteiger partial charge in [0.25, 0.3) is 0 Å². The quantitative estimate of drug-likeness (QED) is 0.199. The normalized spacial score (nSPS) is 46.1. The van der Waals surface area contributed by atoms with Gasteiger partial charge in [-0.1, -0.05) is 11.6 Å². The SMILES string of the molecule is C/C=C1/CN2CCC34c5cc6oc7cc8c(cc7c6cc5N(C)C23CC[C@@H]1[C@H]4C(=O)OC)[C@@]12CCN3CC4(OC4C)[C@H](CCC31N8C)[C@H]2C(=O)OC. The lowest BCUT2D eigenvalue weighted by Crippen LogP contribution is -2.66. The van der Waals surface area contributed by atoms with E-state index in [9.17, 15) is 9.59 Å². The molecule has 2 aromatic carbocycles. The number of benzene rings is 2. The molecule has 0 N–H and O–H groups in total. The number of nitrogens with zero attached hydrogens (tertiary/aromatic N) is 4. The second kappa shape index (κ2) is 9.19. The zero-order chi connectivity index (χ0) is 35.5. The van der Waals surface area contributed by atoms with Gasteiger partial charge in [0.1, 0.15) is 28.1 Å². The number of hydrogen-bond acceptors (Lipinski definition) is 10. The Morgan fingerprint density at radius 2 is 1.40 bits per heavy atom. The summed E-state index contributed by atoms with van der Waals surface area (Å²) >= 11 is 0. The maximum Gasteiger partial charge on any atom is 0.310 e. The van der Waals surface area contributed by atoms with E-state index in [1.807, 2.05) is 0 Å². The van der Waals surface area contributed by atoms with Crippen molar-refractivity contribution in [2.45, 2.75) is 86.2 Å². The van der Waals surface area contributed by atoms with E-state index in [0.717, 1.165) is 92.3 Å². The predicted molar refractivity (Wildman–Crippen MR) is 195 cm³/mol. The van der Waals surface area contributed by atoms with E-state index in [1.165, 1.54) is 22.4 Å². The zero-order valence-electron chi connectivity index (χ0n) is 31.1. The van der Waals surface area contributed by atoms with E-state index in [4.69, 9.17) is 18.6 Å². The molecular weight excluding hydrogens is 656 g/mol. The lowest BCUT2D eigenvalue weighted by atomic mass is 9.53. The Morgan fingerprint density at radius 3 is 2.12 bits per heavy atom. The van der Waals surface area contributed by atoms with Crippen LogP contribution in [0.1, 0.15) is 63.5 Å². The standard InChI is InChI=1S/C42H48N4O6/c1-7-23-20-45-14-12-38-29-18-32-26(17-30(29)43(3)41(38,45)10-8-24(23)34(38)36(47)49-5)25-16-28-31(19-33(25)51-32)44(4)42-11-9-27-35(37(48)50-6)39(28,42)13-15-46(42)21-40(27)22(2)52-40/h7,16-19,22,24,27,34-35H,8-15,20-21H2,1-6H3/b23-7-/t22?,24-,27+,34-,35-,38?,39+,40?,41?,42?/m0/s1. The molecule has 0 radical (unpaired) electrons. The van der Waals surface area contributed by atoms with Crippen LogP contribution in [0.25, 0.3) is 21.9 Å². The van der Waals surface area contributed by atoms with Crippen molar-refractivity contribution in [2.24, 2.45) is 23.7 Å². The Balaban J connectivity index is 1.09. The lowest BCUT2D eigenvalue weighted by molar-refractivity contribution is -0.156. The minimum atomic E-state index is -0.414. The van der Waals surface area contributed by atoms with E-state index in [0.29, 0.717) is 0 Å². The second-order valence-electron chi connectivity index (χ2n) is 17.7. The summed E-state index contributed by atoms with van der Waals surface area (Å²) < 4.78 is 24.8. The van der Waals surface area contributed by atoms with Crippen molar-refractivity contribution >= 4 is 45.3 Å². The number of anilines is 2. The van der Waals surface area contributed by atoms with Gasteiger partial charge >= 0.3 is 11.9 Å². The molecule has 10 heteroatoms. The number of carbonyl (C=O) groups is 2. The molecule has 10 nitrogen and oxygen atoms in total. The molecule has 3 spiro atoms. The molecule has 7 saturated heterocycles. The van der Waals surface area contributed by atoms with E-state index in [1.54, 1.807) is 14.2 Å². The number of carbonyl (C=O) groups excluding carboxylic acids is 2. The summed E-state index contributed by atoms with van der Waals surface area (Å²) in [6.45, 7) is 7.94. The van der Waals surface area contributed by atoms with Crippen molar-refractivity contribution in [1.82, 2.24) is 9.80 Å². The molecule has 8 bridgehead atoms. The minimum absolute atomic E-state index is 0.0907. The number of furan rings is 1. The van der Waals surface area contributed by atoms with Crippen LogP contribution in [0, 0.1) is 23.7 Å². The first-order valence-electron chi connectivity index (χ1n) is 19.6. The third kappa shape index (κ3) is 2.81. The second-order valence-corrected chi connectivity index (χ2v) is 17.7. The Labute approximate surface area is 303 Å². The third-order valence-electron chi connectivity index (χ3n) is 17.2. The molecule has 9 aliphatic heterocycles. The monoisotopic (exact) mass is 704 g/mol. The molecule has 10 heterocycles. The van der Waals surface area contributed by atoms with Crippen LogP contribution in [0.4, 0.5) is 11.4 Å². The maximum absolute atomic E-state index is 14.2. The van der Waals surface area contributed by atoms with Crippen molar-refractivity contribution in [3.05, 3.63) is 47.0 Å². The molecule has 2 saturated carbocycles. The number of likely N-dealkylation sites (N-methyl/N-ethyl adjacent to an activating group) is 2. The number of hydrogen-bond donors (Lipinski definition) is 0. The van der Waals surface area contributed by atoms with Gasteiger partial charge in [-0.2, -0.15) is 0 Å². The van der Waals surface area contributed by atoms with Crippen LogP contribution in [0.3, 0.4) is 0 Å². The largest absolute Gasteiger partial charge is 0.469 e. The number of ether oxygens (including phenoxy) is 3. The summed E-state index contributed by atoms with van der Waals surface area (Å²) in [6, 6.07) is 9.28. The highest BCUT2D eigenvalue weighted by atomic mass is 16.6. The topological polar surface area (TPSA) is 91.2 Å². The third-order valence-corrected chi connectivity index (χ3v) is 17.2. The maximum atomic E-state index is 14.2. The first kappa shape index (κ1) is 30.8. The zero-order valence-corrected chi connectivity index (χ0v) is 31.1. The van der Waals surface area contributed by atoms with Crippen molar-refractivity contribution < 1.29 is 28.2 Å². The minimum Gasteiger partial charge on any atom is -0.469 e. The van der Waals surface area contributed by atoms with Gasteiger partial charge in [0, 0.05) is 85.2 Å². The smallest absolute Gasteiger partial charge is 0.310 e. The molecule has 11 aliphatic rings. The molecule has 1 aromatic heterocycles. The van der Waals surface area contributed by atoms with Gasteiger partial charge in [0.2, 0.25) is 0 Å². The summed E-state index contributed by atoms with van der Waals surface area (Å²) in [5.41, 5.74) is 6.22. The average Bonchev–Trinajstić information content (AvgIpc) is 3.33. The van der Waals surface area contributed by atoms with Gasteiger partial charge < -0.3 is 28.4 Å². The molecular formula is C42H48N4O6. The van der Waals surface area contributed by atoms with Crippen LogP contribution < -0.4 is 9.80 Å². The van der Waals surface area contributed by atoms with Crippen LogP contribution in [0.5, 0.6) is 0 Å². The fraction of sp³-hybridized carbons (Fsp3) is 0.619. The van der Waals surface area contributed by atoms with Crippen LogP contribution in [-0.4, -0.2) is 99.3 Å². The van der Waals surface area contributed by atoms with Crippen LogP contribution in [0.2, 0.25) is 0 Å². The number of esters is 2. The van der Waals surface area contributed by atoms with Crippen LogP contribution in [0.15, 0.2) is 40.3 Å². The molecule has 9 fully saturated rings. The average molecular weight is 705 g/mol. The van der Waals surface area contributed by atoms with E-state index < -0.39 is 10.8 Å². The van der Waals surface area contributed by atoms with E-state index in [2.05, 4.69) is 77.9 Å². The highest BCUT2D eigenvalue weighted by Crippen LogP contribution is 2.74. The highest BCUT2D eigenvalue weighted by Gasteiger charge is 2.82. The van der Waals surface area contributed by atoms with Crippen molar-refractivity contribution in [2.75, 3.05) is 64.3 Å². The van der Waals surface area contributed by atoms with Gasteiger partial charge in [-0.15, -0.1) is 0 Å². The Kier molecular flexibility index (Phi) is 5.44. The number of rotatable bonds is 2. The molecule has 2 aliphatic carbocycles. The predicted octanol–water partition coefficient (Wildman–Crippen LogP) is 5.29. The first-order chi connectivity index (χ1) is 25.1. The molecule has 12 atom stereocenters. The fourth-order valence-corrected chi connectivity index (χ4v) is 15.4. The van der Waals surface area contributed by atoms with Crippen LogP contribution >= 0.6 is 0 Å². The molecule has 0 amide bonds. The van der Waals surface area contributed by atoms with E-state index >= 15 is 0 Å².